The van der Waals surface area contributed by atoms with Crippen LogP contribution in [-0.4, -0.2) is 4.57 Å². The summed E-state index contributed by atoms with van der Waals surface area (Å²) < 4.78 is 2.42. The predicted octanol–water partition coefficient (Wildman–Crippen LogP) is 4.98. The molecule has 1 aliphatic rings. The Morgan fingerprint density at radius 1 is 1.10 bits per heavy atom. The van der Waals surface area contributed by atoms with Gasteiger partial charge in [0.15, 0.2) is 4.80 Å². The van der Waals surface area contributed by atoms with E-state index in [4.69, 9.17) is 4.99 Å². The number of thiazole rings is 1. The molecule has 21 heavy (non-hydrogen) atoms. The van der Waals surface area contributed by atoms with Crippen LogP contribution in [0.25, 0.3) is 0 Å². The van der Waals surface area contributed by atoms with Gasteiger partial charge in [-0.25, -0.2) is 4.99 Å². The lowest BCUT2D eigenvalue weighted by Gasteiger charge is -2.22. The highest BCUT2D eigenvalue weighted by Gasteiger charge is 2.15. The molecule has 1 aliphatic carbocycles. The summed E-state index contributed by atoms with van der Waals surface area (Å²) in [5.74, 6) is 0.837. The van der Waals surface area contributed by atoms with Gasteiger partial charge in [0.25, 0.3) is 0 Å². The second kappa shape index (κ2) is 6.61. The average molecular weight is 300 g/mol. The van der Waals surface area contributed by atoms with Gasteiger partial charge in [0.2, 0.25) is 0 Å². The zero-order valence-electron chi connectivity index (χ0n) is 13.0. The van der Waals surface area contributed by atoms with Crippen molar-refractivity contribution in [2.24, 2.45) is 10.9 Å². The molecule has 3 heteroatoms. The normalized spacial score (nSPS) is 17.3. The van der Waals surface area contributed by atoms with Crippen LogP contribution < -0.4 is 4.80 Å². The fourth-order valence-electron chi connectivity index (χ4n) is 3.08. The van der Waals surface area contributed by atoms with Crippen molar-refractivity contribution in [1.82, 2.24) is 4.57 Å². The summed E-state index contributed by atoms with van der Waals surface area (Å²) in [7, 11) is 0. The molecule has 0 unspecified atom stereocenters. The molecular formula is C18H24N2S. The molecule has 0 spiro atoms. The van der Waals surface area contributed by atoms with Gasteiger partial charge in [0.05, 0.1) is 5.69 Å². The second-order valence-corrected chi connectivity index (χ2v) is 7.06. The van der Waals surface area contributed by atoms with E-state index in [1.807, 2.05) is 0 Å². The van der Waals surface area contributed by atoms with Crippen LogP contribution >= 0.6 is 11.3 Å². The Labute approximate surface area is 131 Å². The fraction of sp³-hybridized carbons (Fsp3) is 0.500. The standard InChI is InChI=1S/C18H24N2S/c1-14-8-10-17(11-9-14)19-18-20(15(2)13-21-18)12-16-6-4-3-5-7-16/h8-11,13,16H,3-7,12H2,1-2H3. The van der Waals surface area contributed by atoms with Crippen LogP contribution in [0.1, 0.15) is 43.4 Å². The second-order valence-electron chi connectivity index (χ2n) is 6.22. The van der Waals surface area contributed by atoms with Gasteiger partial charge in [-0.1, -0.05) is 37.0 Å². The maximum absolute atomic E-state index is 4.85. The van der Waals surface area contributed by atoms with Gasteiger partial charge >= 0.3 is 0 Å². The Bertz CT molecular complexity index is 643. The first-order valence-electron chi connectivity index (χ1n) is 7.99. The van der Waals surface area contributed by atoms with Gasteiger partial charge in [-0.15, -0.1) is 11.3 Å². The average Bonchev–Trinajstić information content (AvgIpc) is 2.84. The lowest BCUT2D eigenvalue weighted by atomic mass is 9.89. The van der Waals surface area contributed by atoms with Crippen LogP contribution in [0.15, 0.2) is 34.6 Å². The molecule has 0 aliphatic heterocycles. The van der Waals surface area contributed by atoms with Crippen molar-refractivity contribution in [1.29, 1.82) is 0 Å². The third kappa shape index (κ3) is 3.65. The summed E-state index contributed by atoms with van der Waals surface area (Å²) in [6.07, 6.45) is 6.99. The topological polar surface area (TPSA) is 17.3 Å². The van der Waals surface area contributed by atoms with E-state index < -0.39 is 0 Å². The van der Waals surface area contributed by atoms with Gasteiger partial charge in [-0.2, -0.15) is 0 Å². The van der Waals surface area contributed by atoms with Crippen LogP contribution in [0.4, 0.5) is 5.69 Å². The summed E-state index contributed by atoms with van der Waals surface area (Å²) in [5.41, 5.74) is 3.68. The largest absolute Gasteiger partial charge is 0.321 e. The number of hydrogen-bond donors (Lipinski definition) is 0. The Hall–Kier alpha value is -1.35. The van der Waals surface area contributed by atoms with Gasteiger partial charge < -0.3 is 4.57 Å². The van der Waals surface area contributed by atoms with Crippen LogP contribution in [0.2, 0.25) is 0 Å². The lowest BCUT2D eigenvalue weighted by Crippen LogP contribution is -2.22. The number of hydrogen-bond acceptors (Lipinski definition) is 2. The summed E-state index contributed by atoms with van der Waals surface area (Å²) in [6.45, 7) is 5.45. The van der Waals surface area contributed by atoms with Crippen molar-refractivity contribution in [3.63, 3.8) is 0 Å². The molecular weight excluding hydrogens is 276 g/mol. The first-order valence-corrected chi connectivity index (χ1v) is 8.86. The zero-order valence-corrected chi connectivity index (χ0v) is 13.8. The van der Waals surface area contributed by atoms with Gasteiger partial charge in [0.1, 0.15) is 0 Å². The molecule has 112 valence electrons. The third-order valence-corrected chi connectivity index (χ3v) is 5.40. The first-order chi connectivity index (χ1) is 10.2. The van der Waals surface area contributed by atoms with E-state index in [-0.39, 0.29) is 0 Å². The van der Waals surface area contributed by atoms with Crippen LogP contribution in [0.3, 0.4) is 0 Å². The summed E-state index contributed by atoms with van der Waals surface area (Å²) in [6, 6.07) is 8.47. The van der Waals surface area contributed by atoms with E-state index in [9.17, 15) is 0 Å². The van der Waals surface area contributed by atoms with Crippen molar-refractivity contribution in [2.75, 3.05) is 0 Å². The summed E-state index contributed by atoms with van der Waals surface area (Å²) in [5, 5.41) is 2.23. The first kappa shape index (κ1) is 14.6. The fourth-order valence-corrected chi connectivity index (χ4v) is 3.99. The van der Waals surface area contributed by atoms with E-state index in [1.165, 1.54) is 43.4 Å². The molecule has 1 heterocycles. The predicted molar refractivity (Wildman–Crippen MR) is 90.0 cm³/mol. The molecule has 0 saturated heterocycles. The molecule has 1 fully saturated rings. The molecule has 1 saturated carbocycles. The zero-order chi connectivity index (χ0) is 14.7. The van der Waals surface area contributed by atoms with Gasteiger partial charge in [-0.3, -0.25) is 0 Å². The quantitative estimate of drug-likeness (QED) is 0.760. The highest BCUT2D eigenvalue weighted by atomic mass is 32.1. The van der Waals surface area contributed by atoms with E-state index >= 15 is 0 Å². The molecule has 0 N–H and O–H groups in total. The molecule has 2 nitrogen and oxygen atoms in total. The monoisotopic (exact) mass is 300 g/mol. The number of rotatable bonds is 3. The third-order valence-electron chi connectivity index (χ3n) is 4.42. The minimum atomic E-state index is 0.837. The molecule has 2 aromatic rings. The van der Waals surface area contributed by atoms with Crippen molar-refractivity contribution < 1.29 is 0 Å². The van der Waals surface area contributed by atoms with Crippen molar-refractivity contribution in [3.8, 4) is 0 Å². The Kier molecular flexibility index (Phi) is 4.59. The highest BCUT2D eigenvalue weighted by molar-refractivity contribution is 7.07. The maximum atomic E-state index is 4.85. The Morgan fingerprint density at radius 3 is 2.52 bits per heavy atom. The molecule has 0 amide bonds. The van der Waals surface area contributed by atoms with Crippen LogP contribution in [0.5, 0.6) is 0 Å². The molecule has 0 bridgehead atoms. The van der Waals surface area contributed by atoms with Crippen molar-refractivity contribution in [3.05, 3.63) is 45.7 Å². The molecule has 3 rings (SSSR count). The van der Waals surface area contributed by atoms with E-state index in [1.54, 1.807) is 11.3 Å². The van der Waals surface area contributed by atoms with Crippen molar-refractivity contribution in [2.45, 2.75) is 52.5 Å². The van der Waals surface area contributed by atoms with E-state index in [2.05, 4.69) is 48.1 Å². The number of nitrogens with zero attached hydrogens (tertiary/aromatic N) is 2. The Balaban J connectivity index is 1.87. The van der Waals surface area contributed by atoms with Crippen LogP contribution in [-0.2, 0) is 6.54 Å². The number of benzene rings is 1. The minimum Gasteiger partial charge on any atom is -0.321 e. The highest BCUT2D eigenvalue weighted by Crippen LogP contribution is 2.25. The SMILES string of the molecule is Cc1ccc(N=c2scc(C)n2CC2CCCCC2)cc1. The maximum Gasteiger partial charge on any atom is 0.190 e. The van der Waals surface area contributed by atoms with E-state index in [0.29, 0.717) is 0 Å². The van der Waals surface area contributed by atoms with Crippen LogP contribution in [0, 0.1) is 19.8 Å². The number of aromatic nitrogens is 1. The smallest absolute Gasteiger partial charge is 0.190 e. The van der Waals surface area contributed by atoms with Gasteiger partial charge in [0, 0.05) is 17.6 Å². The summed E-state index contributed by atoms with van der Waals surface area (Å²) >= 11 is 1.76. The lowest BCUT2D eigenvalue weighted by molar-refractivity contribution is 0.315. The Morgan fingerprint density at radius 2 is 1.81 bits per heavy atom. The molecule has 1 aromatic carbocycles. The number of aryl methyl sites for hydroxylation is 2. The molecule has 0 radical (unpaired) electrons. The minimum absolute atomic E-state index is 0.837. The van der Waals surface area contributed by atoms with Crippen molar-refractivity contribution >= 4 is 17.0 Å². The molecule has 0 atom stereocenters. The van der Waals surface area contributed by atoms with E-state index in [0.717, 1.165) is 23.0 Å². The molecule has 1 aromatic heterocycles. The summed E-state index contributed by atoms with van der Waals surface area (Å²) in [4.78, 5) is 5.99. The van der Waals surface area contributed by atoms with Gasteiger partial charge in [-0.05, 0) is 44.7 Å².